The van der Waals surface area contributed by atoms with Crippen LogP contribution in [-0.2, 0) is 17.6 Å². The predicted molar refractivity (Wildman–Crippen MR) is 92.6 cm³/mol. The smallest absolute Gasteiger partial charge is 0.293 e. The molecule has 0 N–H and O–H groups in total. The second-order valence-electron chi connectivity index (χ2n) is 6.75. The normalized spacial score (nSPS) is 17.6. The summed E-state index contributed by atoms with van der Waals surface area (Å²) in [4.78, 5) is 28.6. The van der Waals surface area contributed by atoms with Gasteiger partial charge >= 0.3 is 0 Å². The van der Waals surface area contributed by atoms with Crippen LogP contribution in [0.1, 0.15) is 40.2 Å². The zero-order chi connectivity index (χ0) is 17.4. The fraction of sp³-hybridized carbons (Fsp3) is 0.421. The first-order valence-electron chi connectivity index (χ1n) is 8.77. The van der Waals surface area contributed by atoms with E-state index in [1.54, 1.807) is 9.80 Å². The molecule has 2 aromatic rings. The monoisotopic (exact) mass is 339 g/mol. The Balaban J connectivity index is 1.49. The number of carbonyl (C=O) groups is 2. The molecular weight excluding hydrogens is 318 g/mol. The van der Waals surface area contributed by atoms with Crippen molar-refractivity contribution < 1.29 is 14.1 Å². The van der Waals surface area contributed by atoms with Crippen molar-refractivity contribution in [3.8, 4) is 0 Å². The number of piperazine rings is 1. The van der Waals surface area contributed by atoms with Gasteiger partial charge in [0.05, 0.1) is 5.69 Å². The minimum atomic E-state index is -0.215. The Morgan fingerprint density at radius 1 is 1.12 bits per heavy atom. The van der Waals surface area contributed by atoms with E-state index in [1.807, 2.05) is 31.2 Å². The maximum atomic E-state index is 12.8. The molecular formula is C19H21N3O3. The molecule has 6 heteroatoms. The predicted octanol–water partition coefficient (Wildman–Crippen LogP) is 2.35. The van der Waals surface area contributed by atoms with Gasteiger partial charge in [-0.25, -0.2) is 0 Å². The second-order valence-corrected chi connectivity index (χ2v) is 6.75. The molecule has 2 amide bonds. The third kappa shape index (κ3) is 2.92. The first-order valence-corrected chi connectivity index (χ1v) is 8.77. The Hall–Kier alpha value is -2.63. The molecule has 25 heavy (non-hydrogen) atoms. The molecule has 1 aromatic heterocycles. The molecule has 2 aliphatic rings. The summed E-state index contributed by atoms with van der Waals surface area (Å²) < 4.78 is 5.33. The highest BCUT2D eigenvalue weighted by Gasteiger charge is 2.33. The Kier molecular flexibility index (Phi) is 4.03. The molecule has 0 spiro atoms. The van der Waals surface area contributed by atoms with Crippen molar-refractivity contribution in [3.63, 3.8) is 0 Å². The molecule has 2 heterocycles. The fourth-order valence-corrected chi connectivity index (χ4v) is 3.55. The van der Waals surface area contributed by atoms with Crippen molar-refractivity contribution in [2.24, 2.45) is 0 Å². The van der Waals surface area contributed by atoms with Crippen LogP contribution >= 0.6 is 0 Å². The van der Waals surface area contributed by atoms with E-state index < -0.39 is 0 Å². The van der Waals surface area contributed by atoms with E-state index in [0.717, 1.165) is 48.2 Å². The molecule has 6 nitrogen and oxygen atoms in total. The highest BCUT2D eigenvalue weighted by Crippen LogP contribution is 2.26. The molecule has 0 saturated carbocycles. The number of carbonyl (C=O) groups excluding carboxylic acids is 2. The lowest BCUT2D eigenvalue weighted by molar-refractivity contribution is -0.120. The number of aromatic nitrogens is 1. The van der Waals surface area contributed by atoms with Crippen molar-refractivity contribution in [1.82, 2.24) is 10.1 Å². The van der Waals surface area contributed by atoms with Crippen LogP contribution in [0.5, 0.6) is 0 Å². The number of aryl methyl sites for hydroxylation is 2. The van der Waals surface area contributed by atoms with Gasteiger partial charge in [-0.2, -0.15) is 0 Å². The largest absolute Gasteiger partial charge is 0.350 e. The number of benzene rings is 1. The summed E-state index contributed by atoms with van der Waals surface area (Å²) in [7, 11) is 0. The Morgan fingerprint density at radius 3 is 2.64 bits per heavy atom. The summed E-state index contributed by atoms with van der Waals surface area (Å²) in [6.45, 7) is 3.07. The Labute approximate surface area is 146 Å². The molecule has 1 aliphatic carbocycles. The number of amides is 2. The van der Waals surface area contributed by atoms with Gasteiger partial charge < -0.3 is 14.3 Å². The quantitative estimate of drug-likeness (QED) is 0.842. The lowest BCUT2D eigenvalue weighted by Gasteiger charge is -2.34. The number of rotatable bonds is 2. The molecule has 4 rings (SSSR count). The van der Waals surface area contributed by atoms with Crippen molar-refractivity contribution in [2.75, 3.05) is 24.5 Å². The number of nitrogens with zero attached hydrogens (tertiary/aromatic N) is 3. The molecule has 1 aliphatic heterocycles. The molecule has 1 saturated heterocycles. The van der Waals surface area contributed by atoms with Gasteiger partial charge in [-0.15, -0.1) is 0 Å². The number of hydrogen-bond donors (Lipinski definition) is 0. The lowest BCUT2D eigenvalue weighted by atomic mass is 9.96. The average Bonchev–Trinajstić information content (AvgIpc) is 3.06. The van der Waals surface area contributed by atoms with Crippen LogP contribution in [0.15, 0.2) is 28.8 Å². The second kappa shape index (κ2) is 6.35. The summed E-state index contributed by atoms with van der Waals surface area (Å²) in [6.07, 6.45) is 3.83. The highest BCUT2D eigenvalue weighted by molar-refractivity contribution is 6.01. The third-order valence-corrected chi connectivity index (χ3v) is 5.01. The van der Waals surface area contributed by atoms with Crippen molar-refractivity contribution >= 4 is 17.5 Å². The van der Waals surface area contributed by atoms with Crippen LogP contribution in [0, 0.1) is 6.92 Å². The van der Waals surface area contributed by atoms with Gasteiger partial charge in [0.2, 0.25) is 11.7 Å². The van der Waals surface area contributed by atoms with Gasteiger partial charge in [0.1, 0.15) is 6.54 Å². The van der Waals surface area contributed by atoms with Crippen LogP contribution in [0.2, 0.25) is 0 Å². The maximum absolute atomic E-state index is 12.8. The molecule has 0 unspecified atom stereocenters. The number of fused-ring (bicyclic) bond motifs is 1. The standard InChI is InChI=1S/C19H21N3O3/c1-13-6-8-14(9-7-13)22-11-10-21(12-17(22)23)19(24)18-15-4-2-3-5-16(15)20-25-18/h6-9H,2-5,10-12H2,1H3. The van der Waals surface area contributed by atoms with E-state index in [4.69, 9.17) is 4.52 Å². The molecule has 0 bridgehead atoms. The zero-order valence-corrected chi connectivity index (χ0v) is 14.3. The van der Waals surface area contributed by atoms with Crippen molar-refractivity contribution in [3.05, 3.63) is 46.8 Å². The molecule has 0 atom stereocenters. The highest BCUT2D eigenvalue weighted by atomic mass is 16.5. The summed E-state index contributed by atoms with van der Waals surface area (Å²) >= 11 is 0. The zero-order valence-electron chi connectivity index (χ0n) is 14.3. The van der Waals surface area contributed by atoms with E-state index in [0.29, 0.717) is 18.8 Å². The van der Waals surface area contributed by atoms with Crippen molar-refractivity contribution in [1.29, 1.82) is 0 Å². The number of hydrogen-bond acceptors (Lipinski definition) is 4. The Morgan fingerprint density at radius 2 is 1.88 bits per heavy atom. The molecule has 1 fully saturated rings. The van der Waals surface area contributed by atoms with Crippen LogP contribution in [0.4, 0.5) is 5.69 Å². The van der Waals surface area contributed by atoms with E-state index in [1.165, 1.54) is 0 Å². The maximum Gasteiger partial charge on any atom is 0.293 e. The number of anilines is 1. The summed E-state index contributed by atoms with van der Waals surface area (Å²) in [5.74, 6) is 0.0377. The van der Waals surface area contributed by atoms with E-state index >= 15 is 0 Å². The first kappa shape index (κ1) is 15.9. The fourth-order valence-electron chi connectivity index (χ4n) is 3.55. The van der Waals surface area contributed by atoms with Crippen LogP contribution in [0.25, 0.3) is 0 Å². The summed E-state index contributed by atoms with van der Waals surface area (Å²) in [5, 5.41) is 4.04. The van der Waals surface area contributed by atoms with E-state index in [9.17, 15) is 9.59 Å². The molecule has 130 valence electrons. The molecule has 1 aromatic carbocycles. The summed E-state index contributed by atoms with van der Waals surface area (Å²) in [5.41, 5.74) is 3.86. The van der Waals surface area contributed by atoms with Gasteiger partial charge in [-0.05, 0) is 44.7 Å². The summed E-state index contributed by atoms with van der Waals surface area (Å²) in [6, 6.07) is 7.86. The van der Waals surface area contributed by atoms with Gasteiger partial charge in [-0.3, -0.25) is 9.59 Å². The van der Waals surface area contributed by atoms with E-state index in [-0.39, 0.29) is 18.4 Å². The minimum Gasteiger partial charge on any atom is -0.350 e. The van der Waals surface area contributed by atoms with Gasteiger partial charge in [0.15, 0.2) is 0 Å². The first-order chi connectivity index (χ1) is 12.1. The van der Waals surface area contributed by atoms with Crippen LogP contribution in [-0.4, -0.2) is 41.5 Å². The topological polar surface area (TPSA) is 66.7 Å². The SMILES string of the molecule is Cc1ccc(N2CCN(C(=O)c3onc4c3CCCC4)CC2=O)cc1. The Bertz CT molecular complexity index is 810. The van der Waals surface area contributed by atoms with Crippen molar-refractivity contribution in [2.45, 2.75) is 32.6 Å². The lowest BCUT2D eigenvalue weighted by Crippen LogP contribution is -2.52. The third-order valence-electron chi connectivity index (χ3n) is 5.01. The molecule has 0 radical (unpaired) electrons. The van der Waals surface area contributed by atoms with E-state index in [2.05, 4.69) is 5.16 Å². The van der Waals surface area contributed by atoms with Gasteiger partial charge in [-0.1, -0.05) is 22.9 Å². The van der Waals surface area contributed by atoms with Gasteiger partial charge in [0, 0.05) is 24.3 Å². The minimum absolute atomic E-state index is 0.0716. The van der Waals surface area contributed by atoms with Crippen LogP contribution in [0.3, 0.4) is 0 Å². The average molecular weight is 339 g/mol. The van der Waals surface area contributed by atoms with Crippen LogP contribution < -0.4 is 4.90 Å². The van der Waals surface area contributed by atoms with Gasteiger partial charge in [0.25, 0.3) is 5.91 Å².